The van der Waals surface area contributed by atoms with Crippen molar-refractivity contribution in [3.8, 4) is 11.3 Å². The van der Waals surface area contributed by atoms with E-state index in [1.165, 1.54) is 18.3 Å². The summed E-state index contributed by atoms with van der Waals surface area (Å²) in [7, 11) is 0. The lowest BCUT2D eigenvalue weighted by Crippen LogP contribution is -2.09. The van der Waals surface area contributed by atoms with Crippen molar-refractivity contribution in [2.24, 2.45) is 0 Å². The minimum Gasteiger partial charge on any atom is -0.396 e. The maximum atomic E-state index is 13.1. The van der Waals surface area contributed by atoms with Gasteiger partial charge in [-0.1, -0.05) is 0 Å². The van der Waals surface area contributed by atoms with Crippen molar-refractivity contribution in [3.05, 3.63) is 41.8 Å². The number of nitrogens with two attached hydrogens (primary N) is 1. The Balaban J connectivity index is 2.70. The van der Waals surface area contributed by atoms with Gasteiger partial charge >= 0.3 is 6.18 Å². The van der Waals surface area contributed by atoms with E-state index >= 15 is 0 Å². The van der Waals surface area contributed by atoms with Gasteiger partial charge in [0.2, 0.25) is 0 Å². The SMILES string of the molecule is Nc1cc(-c2cccnn2)c(C(F)(F)F)cc1F. The molecule has 2 N–H and O–H groups in total. The normalized spacial score (nSPS) is 11.6. The Bertz CT molecular complexity index is 566. The van der Waals surface area contributed by atoms with Crippen molar-refractivity contribution in [1.29, 1.82) is 0 Å². The topological polar surface area (TPSA) is 51.8 Å². The highest BCUT2D eigenvalue weighted by atomic mass is 19.4. The maximum Gasteiger partial charge on any atom is 0.417 e. The largest absolute Gasteiger partial charge is 0.417 e. The highest BCUT2D eigenvalue weighted by Gasteiger charge is 2.35. The molecule has 0 aliphatic rings. The fraction of sp³-hybridized carbons (Fsp3) is 0.0909. The maximum absolute atomic E-state index is 13.1. The van der Waals surface area contributed by atoms with Crippen molar-refractivity contribution < 1.29 is 17.6 Å². The Morgan fingerprint density at radius 1 is 1.17 bits per heavy atom. The van der Waals surface area contributed by atoms with Gasteiger partial charge in [-0.25, -0.2) is 4.39 Å². The molecule has 1 aromatic carbocycles. The summed E-state index contributed by atoms with van der Waals surface area (Å²) in [5, 5.41) is 7.05. The first-order chi connectivity index (χ1) is 8.39. The average Bonchev–Trinajstić information content (AvgIpc) is 2.32. The molecule has 94 valence electrons. The molecule has 3 nitrogen and oxygen atoms in total. The molecule has 0 spiro atoms. The van der Waals surface area contributed by atoms with Crippen LogP contribution in [0, 0.1) is 5.82 Å². The summed E-state index contributed by atoms with van der Waals surface area (Å²) in [5.41, 5.74) is 3.46. The van der Waals surface area contributed by atoms with Crippen molar-refractivity contribution in [3.63, 3.8) is 0 Å². The highest BCUT2D eigenvalue weighted by molar-refractivity contribution is 5.68. The third-order valence-corrected chi connectivity index (χ3v) is 2.29. The Morgan fingerprint density at radius 3 is 2.44 bits per heavy atom. The molecular weight excluding hydrogens is 250 g/mol. The molecule has 7 heteroatoms. The summed E-state index contributed by atoms with van der Waals surface area (Å²) in [6, 6.07) is 4.04. The van der Waals surface area contributed by atoms with Crippen LogP contribution >= 0.6 is 0 Å². The summed E-state index contributed by atoms with van der Waals surface area (Å²) >= 11 is 0. The minimum atomic E-state index is -4.69. The number of alkyl halides is 3. The standard InChI is InChI=1S/C11H7F4N3/c12-8-5-7(11(13,14)15)6(4-9(8)16)10-2-1-3-17-18-10/h1-5H,16H2. The van der Waals surface area contributed by atoms with E-state index in [1.54, 1.807) is 0 Å². The van der Waals surface area contributed by atoms with Crippen molar-refractivity contribution >= 4 is 5.69 Å². The highest BCUT2D eigenvalue weighted by Crippen LogP contribution is 2.38. The van der Waals surface area contributed by atoms with Crippen LogP contribution in [-0.2, 0) is 6.18 Å². The molecule has 0 saturated carbocycles. The number of anilines is 1. The second-order valence-electron chi connectivity index (χ2n) is 3.53. The first-order valence-corrected chi connectivity index (χ1v) is 4.84. The van der Waals surface area contributed by atoms with Crippen LogP contribution in [0.3, 0.4) is 0 Å². The van der Waals surface area contributed by atoms with E-state index in [4.69, 9.17) is 5.73 Å². The Kier molecular flexibility index (Phi) is 2.90. The van der Waals surface area contributed by atoms with Crippen molar-refractivity contribution in [2.45, 2.75) is 6.18 Å². The average molecular weight is 257 g/mol. The van der Waals surface area contributed by atoms with Gasteiger partial charge in [0.1, 0.15) is 5.82 Å². The van der Waals surface area contributed by atoms with Crippen LogP contribution in [0.25, 0.3) is 11.3 Å². The molecule has 2 aromatic rings. The Labute approximate surface area is 99.3 Å². The zero-order chi connectivity index (χ0) is 13.3. The lowest BCUT2D eigenvalue weighted by Gasteiger charge is -2.13. The lowest BCUT2D eigenvalue weighted by molar-refractivity contribution is -0.137. The quantitative estimate of drug-likeness (QED) is 0.631. The molecular formula is C11H7F4N3. The summed E-state index contributed by atoms with van der Waals surface area (Å²) in [4.78, 5) is 0. The summed E-state index contributed by atoms with van der Waals surface area (Å²) in [6.07, 6.45) is -3.37. The molecule has 0 fully saturated rings. The molecule has 0 unspecified atom stereocenters. The van der Waals surface area contributed by atoms with Crippen LogP contribution in [-0.4, -0.2) is 10.2 Å². The Morgan fingerprint density at radius 2 is 1.89 bits per heavy atom. The second-order valence-corrected chi connectivity index (χ2v) is 3.53. The molecule has 0 atom stereocenters. The van der Waals surface area contributed by atoms with Crippen molar-refractivity contribution in [1.82, 2.24) is 10.2 Å². The third-order valence-electron chi connectivity index (χ3n) is 2.29. The third kappa shape index (κ3) is 2.24. The first-order valence-electron chi connectivity index (χ1n) is 4.84. The van der Waals surface area contributed by atoms with Crippen LogP contribution in [0.1, 0.15) is 5.56 Å². The van der Waals surface area contributed by atoms with E-state index in [2.05, 4.69) is 10.2 Å². The predicted molar refractivity (Wildman–Crippen MR) is 56.8 cm³/mol. The fourth-order valence-corrected chi connectivity index (χ4v) is 1.48. The van der Waals surface area contributed by atoms with Crippen LogP contribution in [0.2, 0.25) is 0 Å². The van der Waals surface area contributed by atoms with E-state index in [0.717, 1.165) is 6.07 Å². The van der Waals surface area contributed by atoms with Gasteiger partial charge in [-0.05, 0) is 24.3 Å². The molecule has 2 rings (SSSR count). The van der Waals surface area contributed by atoms with Gasteiger partial charge in [0.25, 0.3) is 0 Å². The summed E-state index contributed by atoms with van der Waals surface area (Å²) in [5.74, 6) is -1.12. The zero-order valence-electron chi connectivity index (χ0n) is 8.87. The van der Waals surface area contributed by atoms with Gasteiger partial charge in [-0.15, -0.1) is 0 Å². The molecule has 0 amide bonds. The number of aromatic nitrogens is 2. The number of nitrogen functional groups attached to an aromatic ring is 1. The number of hydrogen-bond acceptors (Lipinski definition) is 3. The molecule has 0 radical (unpaired) electrons. The number of halogens is 4. The zero-order valence-corrected chi connectivity index (χ0v) is 8.87. The van der Waals surface area contributed by atoms with E-state index < -0.39 is 17.6 Å². The van der Waals surface area contributed by atoms with Gasteiger partial charge < -0.3 is 5.73 Å². The first kappa shape index (κ1) is 12.3. The smallest absolute Gasteiger partial charge is 0.396 e. The van der Waals surface area contributed by atoms with Crippen LogP contribution < -0.4 is 5.73 Å². The molecule has 0 bridgehead atoms. The van der Waals surface area contributed by atoms with E-state index in [1.807, 2.05) is 0 Å². The van der Waals surface area contributed by atoms with Crippen LogP contribution in [0.4, 0.5) is 23.2 Å². The molecule has 0 aliphatic carbocycles. The number of rotatable bonds is 1. The minimum absolute atomic E-state index is 0.0171. The molecule has 1 aromatic heterocycles. The van der Waals surface area contributed by atoms with Gasteiger partial charge in [-0.3, -0.25) is 0 Å². The van der Waals surface area contributed by atoms with Crippen LogP contribution in [0.15, 0.2) is 30.5 Å². The summed E-state index contributed by atoms with van der Waals surface area (Å²) in [6.45, 7) is 0. The van der Waals surface area contributed by atoms with Crippen LogP contribution in [0.5, 0.6) is 0 Å². The molecule has 0 saturated heterocycles. The molecule has 1 heterocycles. The second kappa shape index (κ2) is 4.25. The fourth-order valence-electron chi connectivity index (χ4n) is 1.48. The van der Waals surface area contributed by atoms with Crippen molar-refractivity contribution in [2.75, 3.05) is 5.73 Å². The molecule has 0 aliphatic heterocycles. The van der Waals surface area contributed by atoms with Gasteiger partial charge in [0.05, 0.1) is 16.9 Å². The Hall–Kier alpha value is -2.18. The number of nitrogens with zero attached hydrogens (tertiary/aromatic N) is 2. The lowest BCUT2D eigenvalue weighted by atomic mass is 10.0. The molecule has 18 heavy (non-hydrogen) atoms. The van der Waals surface area contributed by atoms with E-state index in [9.17, 15) is 17.6 Å². The number of hydrogen-bond donors (Lipinski definition) is 1. The van der Waals surface area contributed by atoms with Gasteiger partial charge in [0.15, 0.2) is 0 Å². The monoisotopic (exact) mass is 257 g/mol. The van der Waals surface area contributed by atoms with E-state index in [-0.39, 0.29) is 16.9 Å². The van der Waals surface area contributed by atoms with Gasteiger partial charge in [-0.2, -0.15) is 23.4 Å². The summed E-state index contributed by atoms with van der Waals surface area (Å²) < 4.78 is 51.5. The van der Waals surface area contributed by atoms with E-state index in [0.29, 0.717) is 6.07 Å². The number of benzene rings is 1. The predicted octanol–water partition coefficient (Wildman–Crippen LogP) is 2.88. The van der Waals surface area contributed by atoms with Gasteiger partial charge in [0, 0.05) is 11.8 Å².